The molecule has 8 heteroatoms. The lowest BCUT2D eigenvalue weighted by molar-refractivity contribution is -0.144. The summed E-state index contributed by atoms with van der Waals surface area (Å²) in [7, 11) is 1.55. The molecule has 0 radical (unpaired) electrons. The van der Waals surface area contributed by atoms with Crippen LogP contribution in [0.2, 0.25) is 0 Å². The number of carboxylic acids is 1. The Morgan fingerprint density at radius 2 is 2.44 bits per heavy atom. The zero-order valence-corrected chi connectivity index (χ0v) is 9.36. The number of carbonyl (C=O) groups excluding carboxylic acids is 1. The minimum Gasteiger partial charge on any atom is -0.479 e. The van der Waals surface area contributed by atoms with Crippen molar-refractivity contribution in [3.05, 3.63) is 16.6 Å². The Hall–Kier alpha value is -1.67. The number of aromatic nitrogens is 1. The van der Waals surface area contributed by atoms with Gasteiger partial charge >= 0.3 is 12.0 Å². The second kappa shape index (κ2) is 6.03. The van der Waals surface area contributed by atoms with Crippen LogP contribution >= 0.6 is 11.3 Å². The number of carboxylic acid groups (broad SMARTS) is 1. The van der Waals surface area contributed by atoms with Gasteiger partial charge in [0.15, 0.2) is 6.61 Å². The Morgan fingerprint density at radius 1 is 1.69 bits per heavy atom. The molecule has 0 bridgehead atoms. The average Bonchev–Trinajstić information content (AvgIpc) is 2.69. The molecular weight excluding hydrogens is 234 g/mol. The molecule has 0 aliphatic carbocycles. The van der Waals surface area contributed by atoms with Crippen LogP contribution in [0, 0.1) is 0 Å². The molecule has 1 aromatic heterocycles. The van der Waals surface area contributed by atoms with Crippen LogP contribution in [0.5, 0.6) is 0 Å². The number of hydrogen-bond donors (Lipinski definition) is 2. The highest BCUT2D eigenvalue weighted by atomic mass is 32.1. The van der Waals surface area contributed by atoms with Gasteiger partial charge in [0.05, 0.1) is 17.7 Å². The summed E-state index contributed by atoms with van der Waals surface area (Å²) in [4.78, 5) is 31.2. The van der Waals surface area contributed by atoms with E-state index >= 15 is 0 Å². The van der Waals surface area contributed by atoms with E-state index in [2.05, 4.69) is 9.82 Å². The predicted octanol–water partition coefficient (Wildman–Crippen LogP) is 0.301. The number of rotatable bonds is 5. The second-order valence-electron chi connectivity index (χ2n) is 2.93. The summed E-state index contributed by atoms with van der Waals surface area (Å²) < 4.78 is 0. The SMILES string of the molecule is CN(Cc1cscn1)C(=O)NOCC(=O)O. The van der Waals surface area contributed by atoms with Crippen molar-refractivity contribution < 1.29 is 19.5 Å². The third-order valence-electron chi connectivity index (χ3n) is 1.58. The molecule has 1 aromatic rings. The fourth-order valence-electron chi connectivity index (χ4n) is 0.868. The summed E-state index contributed by atoms with van der Waals surface area (Å²) in [6.07, 6.45) is 0. The molecule has 1 rings (SSSR count). The van der Waals surface area contributed by atoms with E-state index < -0.39 is 18.6 Å². The third kappa shape index (κ3) is 4.24. The van der Waals surface area contributed by atoms with E-state index in [-0.39, 0.29) is 0 Å². The van der Waals surface area contributed by atoms with Gasteiger partial charge in [0.2, 0.25) is 0 Å². The highest BCUT2D eigenvalue weighted by Gasteiger charge is 2.10. The summed E-state index contributed by atoms with van der Waals surface area (Å²) in [6.45, 7) is -0.234. The van der Waals surface area contributed by atoms with Crippen molar-refractivity contribution in [3.8, 4) is 0 Å². The Balaban J connectivity index is 2.28. The van der Waals surface area contributed by atoms with Crippen molar-refractivity contribution in [3.63, 3.8) is 0 Å². The Labute approximate surface area is 95.6 Å². The maximum atomic E-state index is 11.3. The molecule has 2 amide bonds. The average molecular weight is 245 g/mol. The Bertz CT molecular complexity index is 354. The van der Waals surface area contributed by atoms with Gasteiger partial charge in [0.25, 0.3) is 0 Å². The van der Waals surface area contributed by atoms with Gasteiger partial charge in [0.1, 0.15) is 0 Å². The van der Waals surface area contributed by atoms with Gasteiger partial charge in [-0.05, 0) is 0 Å². The Kier molecular flexibility index (Phi) is 4.67. The van der Waals surface area contributed by atoms with Gasteiger partial charge in [-0.15, -0.1) is 11.3 Å². The first-order chi connectivity index (χ1) is 7.59. The normalized spacial score (nSPS) is 9.81. The smallest absolute Gasteiger partial charge is 0.341 e. The van der Waals surface area contributed by atoms with Crippen molar-refractivity contribution in [1.82, 2.24) is 15.4 Å². The summed E-state index contributed by atoms with van der Waals surface area (Å²) >= 11 is 1.44. The molecule has 16 heavy (non-hydrogen) atoms. The number of urea groups is 1. The van der Waals surface area contributed by atoms with Crippen molar-refractivity contribution >= 4 is 23.3 Å². The number of nitrogens with one attached hydrogen (secondary N) is 1. The summed E-state index contributed by atoms with van der Waals surface area (Å²) in [5.74, 6) is -1.15. The number of aliphatic carboxylic acids is 1. The van der Waals surface area contributed by atoms with Crippen LogP contribution in [0.15, 0.2) is 10.9 Å². The molecule has 0 aromatic carbocycles. The van der Waals surface area contributed by atoms with Gasteiger partial charge in [-0.1, -0.05) is 0 Å². The first kappa shape index (κ1) is 12.4. The number of amides is 2. The number of hydrogen-bond acceptors (Lipinski definition) is 5. The minimum absolute atomic E-state index is 0.339. The molecule has 2 N–H and O–H groups in total. The standard InChI is InChI=1S/C8H11N3O4S/c1-11(2-6-4-16-5-9-6)8(14)10-15-3-7(12)13/h4-5H,2-3H2,1H3,(H,10,14)(H,12,13). The highest BCUT2D eigenvalue weighted by molar-refractivity contribution is 7.07. The van der Waals surface area contributed by atoms with E-state index in [1.165, 1.54) is 16.2 Å². The van der Waals surface area contributed by atoms with Crippen LogP contribution in [-0.2, 0) is 16.2 Å². The maximum Gasteiger partial charge on any atom is 0.341 e. The highest BCUT2D eigenvalue weighted by Crippen LogP contribution is 2.03. The fraction of sp³-hybridized carbons (Fsp3) is 0.375. The number of nitrogens with zero attached hydrogens (tertiary/aromatic N) is 2. The van der Waals surface area contributed by atoms with Crippen LogP contribution in [0.25, 0.3) is 0 Å². The predicted molar refractivity (Wildman–Crippen MR) is 55.7 cm³/mol. The van der Waals surface area contributed by atoms with Gasteiger partial charge < -0.3 is 10.0 Å². The van der Waals surface area contributed by atoms with Crippen LogP contribution in [-0.4, -0.2) is 40.6 Å². The zero-order chi connectivity index (χ0) is 12.0. The molecule has 88 valence electrons. The van der Waals surface area contributed by atoms with Crippen LogP contribution in [0.3, 0.4) is 0 Å². The van der Waals surface area contributed by atoms with E-state index in [0.29, 0.717) is 6.54 Å². The van der Waals surface area contributed by atoms with Crippen LogP contribution in [0.4, 0.5) is 4.79 Å². The van der Waals surface area contributed by atoms with Crippen molar-refractivity contribution in [1.29, 1.82) is 0 Å². The van der Waals surface area contributed by atoms with Crippen molar-refractivity contribution in [2.24, 2.45) is 0 Å². The lowest BCUT2D eigenvalue weighted by Crippen LogP contribution is -2.37. The molecule has 1 heterocycles. The lowest BCUT2D eigenvalue weighted by Gasteiger charge is -2.15. The van der Waals surface area contributed by atoms with Gasteiger partial charge in [0, 0.05) is 12.4 Å². The van der Waals surface area contributed by atoms with Crippen LogP contribution < -0.4 is 5.48 Å². The van der Waals surface area contributed by atoms with Gasteiger partial charge in [-0.25, -0.2) is 20.1 Å². The van der Waals surface area contributed by atoms with E-state index in [9.17, 15) is 9.59 Å². The van der Waals surface area contributed by atoms with E-state index in [4.69, 9.17) is 5.11 Å². The Morgan fingerprint density at radius 3 is 3.00 bits per heavy atom. The molecule has 0 unspecified atom stereocenters. The quantitative estimate of drug-likeness (QED) is 0.728. The zero-order valence-electron chi connectivity index (χ0n) is 8.54. The minimum atomic E-state index is -1.15. The summed E-state index contributed by atoms with van der Waals surface area (Å²) in [6, 6.07) is -0.519. The molecule has 7 nitrogen and oxygen atoms in total. The van der Waals surface area contributed by atoms with Crippen LogP contribution in [0.1, 0.15) is 5.69 Å². The first-order valence-electron chi connectivity index (χ1n) is 4.31. The maximum absolute atomic E-state index is 11.3. The molecule has 0 fully saturated rings. The summed E-state index contributed by atoms with van der Waals surface area (Å²) in [5, 5.41) is 10.1. The molecule has 0 saturated carbocycles. The topological polar surface area (TPSA) is 91.8 Å². The number of carbonyl (C=O) groups is 2. The third-order valence-corrected chi connectivity index (χ3v) is 2.22. The van der Waals surface area contributed by atoms with Crippen molar-refractivity contribution in [2.45, 2.75) is 6.54 Å². The van der Waals surface area contributed by atoms with E-state index in [1.807, 2.05) is 10.9 Å². The van der Waals surface area contributed by atoms with Gasteiger partial charge in [-0.3, -0.25) is 4.84 Å². The summed E-state index contributed by atoms with van der Waals surface area (Å²) in [5.41, 5.74) is 4.44. The number of hydroxylamine groups is 1. The van der Waals surface area contributed by atoms with E-state index in [0.717, 1.165) is 5.69 Å². The monoisotopic (exact) mass is 245 g/mol. The molecule has 0 aliphatic heterocycles. The molecule has 0 atom stereocenters. The molecular formula is C8H11N3O4S. The molecule has 0 saturated heterocycles. The first-order valence-corrected chi connectivity index (χ1v) is 5.25. The van der Waals surface area contributed by atoms with Gasteiger partial charge in [-0.2, -0.15) is 0 Å². The number of thiazole rings is 1. The second-order valence-corrected chi connectivity index (χ2v) is 3.64. The van der Waals surface area contributed by atoms with Crippen molar-refractivity contribution in [2.75, 3.05) is 13.7 Å². The fourth-order valence-corrected chi connectivity index (χ4v) is 1.42. The molecule has 0 spiro atoms. The largest absolute Gasteiger partial charge is 0.479 e. The van der Waals surface area contributed by atoms with E-state index in [1.54, 1.807) is 12.6 Å². The molecule has 0 aliphatic rings. The lowest BCUT2D eigenvalue weighted by atomic mass is 10.4.